The highest BCUT2D eigenvalue weighted by Gasteiger charge is 2.51. The van der Waals surface area contributed by atoms with Crippen LogP contribution >= 0.6 is 0 Å². The first-order chi connectivity index (χ1) is 22.8. The Balaban J connectivity index is 2.23. The molecule has 0 saturated carbocycles. The SMILES string of the molecule is CCOC1C(O)C(CO)OC(O[C@H](O)C(O)C(OC2C(CO)OC(O[C@H](O)C(O)C(OC(C)C)C(C)(C)C)C(O)C2O)O[C@@H](C)C=O)C1O. The Morgan fingerprint density at radius 3 is 1.73 bits per heavy atom. The van der Waals surface area contributed by atoms with E-state index in [0.29, 0.717) is 6.29 Å². The second kappa shape index (κ2) is 19.7. The molecule has 2 rings (SSSR count). The van der Waals surface area contributed by atoms with Gasteiger partial charge in [0.2, 0.25) is 0 Å². The van der Waals surface area contributed by atoms with Gasteiger partial charge in [-0.2, -0.15) is 0 Å². The predicted octanol–water partition coefficient (Wildman–Crippen LogP) is -4.18. The van der Waals surface area contributed by atoms with Gasteiger partial charge < -0.3 is 93.8 Å². The molecule has 0 spiro atoms. The van der Waals surface area contributed by atoms with Crippen LogP contribution in [-0.4, -0.2) is 188 Å². The van der Waals surface area contributed by atoms with E-state index in [9.17, 15) is 55.9 Å². The predicted molar refractivity (Wildman–Crippen MR) is 162 cm³/mol. The summed E-state index contributed by atoms with van der Waals surface area (Å²) in [5, 5.41) is 106. The summed E-state index contributed by atoms with van der Waals surface area (Å²) in [6, 6.07) is 0. The Labute approximate surface area is 284 Å². The van der Waals surface area contributed by atoms with Crippen LogP contribution in [0.5, 0.6) is 0 Å². The molecule has 10 N–H and O–H groups in total. The van der Waals surface area contributed by atoms with E-state index < -0.39 is 123 Å². The summed E-state index contributed by atoms with van der Waals surface area (Å²) in [6.07, 6.45) is -29.3. The molecule has 49 heavy (non-hydrogen) atoms. The lowest BCUT2D eigenvalue weighted by Crippen LogP contribution is -2.63. The monoisotopic (exact) mass is 720 g/mol. The zero-order valence-corrected chi connectivity index (χ0v) is 28.7. The van der Waals surface area contributed by atoms with Crippen LogP contribution in [0.25, 0.3) is 0 Å². The first kappa shape index (κ1) is 44.1. The lowest BCUT2D eigenvalue weighted by molar-refractivity contribution is -0.379. The van der Waals surface area contributed by atoms with Crippen LogP contribution in [0.2, 0.25) is 0 Å². The Morgan fingerprint density at radius 2 is 1.24 bits per heavy atom. The minimum Gasteiger partial charge on any atom is -0.394 e. The van der Waals surface area contributed by atoms with E-state index in [4.69, 9.17) is 37.9 Å². The molecule has 2 heterocycles. The Bertz CT molecular complexity index is 951. The van der Waals surface area contributed by atoms with Crippen LogP contribution < -0.4 is 0 Å². The number of carbonyl (C=O) groups is 1. The van der Waals surface area contributed by atoms with E-state index in [1.807, 2.05) is 0 Å². The molecule has 2 saturated heterocycles. The fourth-order valence-corrected chi connectivity index (χ4v) is 5.29. The lowest BCUT2D eigenvalue weighted by Gasteiger charge is -2.45. The van der Waals surface area contributed by atoms with Gasteiger partial charge in [0, 0.05) is 6.61 Å². The van der Waals surface area contributed by atoms with Crippen molar-refractivity contribution in [2.75, 3.05) is 19.8 Å². The van der Waals surface area contributed by atoms with Crippen molar-refractivity contribution in [3.8, 4) is 0 Å². The standard InChI is InChI=1S/C30H56O19/c1-8-42-23-16(34)14(10-32)45-28(19(23)37)49-26(41)21(39)29(44-13(4)9-31)47-22-15(11-33)46-27(18(36)17(22)35)48-25(40)20(38)24(30(5,6)7)43-12(2)3/h9,12-29,32-41H,8,10-11H2,1-7H3/t13-,14?,15?,16?,17?,18?,19?,20?,21?,22?,23?,24?,25-,26-,27?,28?,29?/m0/s1. The average molecular weight is 721 g/mol. The van der Waals surface area contributed by atoms with Crippen molar-refractivity contribution in [2.24, 2.45) is 5.41 Å². The number of aliphatic hydroxyl groups is 10. The minimum absolute atomic E-state index is 0.0429. The van der Waals surface area contributed by atoms with Gasteiger partial charge in [-0.3, -0.25) is 0 Å². The Hall–Kier alpha value is -1.05. The fraction of sp³-hybridized carbons (Fsp3) is 0.967. The maximum atomic E-state index is 11.4. The van der Waals surface area contributed by atoms with Crippen molar-refractivity contribution in [2.45, 2.75) is 159 Å². The van der Waals surface area contributed by atoms with Crippen LogP contribution in [0, 0.1) is 5.41 Å². The Kier molecular flexibility index (Phi) is 17.7. The van der Waals surface area contributed by atoms with Crippen LogP contribution in [0.1, 0.15) is 48.5 Å². The first-order valence-electron chi connectivity index (χ1n) is 16.1. The number of hydrogen-bond acceptors (Lipinski definition) is 19. The number of aldehydes is 1. The third kappa shape index (κ3) is 11.7. The number of hydrogen-bond donors (Lipinski definition) is 10. The number of carbonyl (C=O) groups excluding carboxylic acids is 1. The van der Waals surface area contributed by atoms with E-state index in [1.165, 1.54) is 6.92 Å². The molecular weight excluding hydrogens is 664 g/mol. The van der Waals surface area contributed by atoms with Crippen LogP contribution in [0.4, 0.5) is 0 Å². The molecule has 0 aromatic rings. The second-order valence-electron chi connectivity index (χ2n) is 13.3. The molecule has 0 amide bonds. The minimum atomic E-state index is -2.32. The highest BCUT2D eigenvalue weighted by molar-refractivity contribution is 5.55. The van der Waals surface area contributed by atoms with Crippen LogP contribution in [0.15, 0.2) is 0 Å². The van der Waals surface area contributed by atoms with E-state index in [0.717, 1.165) is 0 Å². The highest BCUT2D eigenvalue weighted by atomic mass is 16.8. The molecule has 19 nitrogen and oxygen atoms in total. The molecule has 17 atom stereocenters. The zero-order chi connectivity index (χ0) is 37.4. The summed E-state index contributed by atoms with van der Waals surface area (Å²) in [6.45, 7) is 9.97. The van der Waals surface area contributed by atoms with E-state index in [-0.39, 0.29) is 12.7 Å². The average Bonchev–Trinajstić information content (AvgIpc) is 3.04. The molecule has 0 radical (unpaired) electrons. The van der Waals surface area contributed by atoms with Crippen LogP contribution in [0.3, 0.4) is 0 Å². The zero-order valence-electron chi connectivity index (χ0n) is 28.7. The molecule has 0 aliphatic carbocycles. The number of aliphatic hydroxyl groups excluding tert-OH is 10. The third-order valence-corrected chi connectivity index (χ3v) is 7.83. The highest BCUT2D eigenvalue weighted by Crippen LogP contribution is 2.32. The second-order valence-corrected chi connectivity index (χ2v) is 13.3. The van der Waals surface area contributed by atoms with Gasteiger partial charge in [0.15, 0.2) is 37.6 Å². The van der Waals surface area contributed by atoms with E-state index in [1.54, 1.807) is 41.5 Å². The van der Waals surface area contributed by atoms with Gasteiger partial charge in [-0.1, -0.05) is 20.8 Å². The molecular formula is C30H56O19. The molecule has 0 bridgehead atoms. The summed E-state index contributed by atoms with van der Waals surface area (Å²) in [5.41, 5.74) is -0.678. The quantitative estimate of drug-likeness (QED) is 0.0447. The van der Waals surface area contributed by atoms with Crippen molar-refractivity contribution in [1.29, 1.82) is 0 Å². The van der Waals surface area contributed by atoms with Gasteiger partial charge in [0.05, 0.1) is 25.4 Å². The maximum absolute atomic E-state index is 11.4. The summed E-state index contributed by atoms with van der Waals surface area (Å²) in [5.74, 6) is 0. The smallest absolute Gasteiger partial charge is 0.189 e. The largest absolute Gasteiger partial charge is 0.394 e. The summed E-state index contributed by atoms with van der Waals surface area (Å²) >= 11 is 0. The molecule has 0 aromatic carbocycles. The number of ether oxygens (including phenoxy) is 8. The first-order valence-corrected chi connectivity index (χ1v) is 16.1. The van der Waals surface area contributed by atoms with Crippen molar-refractivity contribution in [3.63, 3.8) is 0 Å². The van der Waals surface area contributed by atoms with Crippen molar-refractivity contribution < 1.29 is 93.8 Å². The van der Waals surface area contributed by atoms with Gasteiger partial charge in [0.1, 0.15) is 67.3 Å². The molecule has 14 unspecified atom stereocenters. The van der Waals surface area contributed by atoms with Crippen molar-refractivity contribution >= 4 is 6.29 Å². The van der Waals surface area contributed by atoms with E-state index in [2.05, 4.69) is 0 Å². The van der Waals surface area contributed by atoms with Gasteiger partial charge >= 0.3 is 0 Å². The molecule has 2 aliphatic rings. The lowest BCUT2D eigenvalue weighted by atomic mass is 9.85. The topological polar surface area (TPSA) is 293 Å². The maximum Gasteiger partial charge on any atom is 0.189 e. The fourth-order valence-electron chi connectivity index (χ4n) is 5.29. The van der Waals surface area contributed by atoms with Gasteiger partial charge in [-0.15, -0.1) is 0 Å². The normalized spacial score (nSPS) is 35.7. The third-order valence-electron chi connectivity index (χ3n) is 7.83. The van der Waals surface area contributed by atoms with Crippen molar-refractivity contribution in [3.05, 3.63) is 0 Å². The Morgan fingerprint density at radius 1 is 0.714 bits per heavy atom. The van der Waals surface area contributed by atoms with Crippen molar-refractivity contribution in [1.82, 2.24) is 0 Å². The van der Waals surface area contributed by atoms with Gasteiger partial charge in [0.25, 0.3) is 0 Å². The molecule has 0 aromatic heterocycles. The summed E-state index contributed by atoms with van der Waals surface area (Å²) in [4.78, 5) is 11.4. The van der Waals surface area contributed by atoms with Gasteiger partial charge in [-0.25, -0.2) is 0 Å². The van der Waals surface area contributed by atoms with Gasteiger partial charge in [-0.05, 0) is 33.1 Å². The molecule has 2 aliphatic heterocycles. The summed E-state index contributed by atoms with van der Waals surface area (Å²) < 4.78 is 43.6. The molecule has 19 heteroatoms. The summed E-state index contributed by atoms with van der Waals surface area (Å²) in [7, 11) is 0. The van der Waals surface area contributed by atoms with Crippen LogP contribution in [-0.2, 0) is 42.7 Å². The molecule has 290 valence electrons. The van der Waals surface area contributed by atoms with E-state index >= 15 is 0 Å². The molecule has 2 fully saturated rings. The number of rotatable bonds is 19.